The van der Waals surface area contributed by atoms with Gasteiger partial charge in [-0.3, -0.25) is 0 Å². The fourth-order valence-electron chi connectivity index (χ4n) is 7.99. The van der Waals surface area contributed by atoms with Gasteiger partial charge in [-0.05, 0) is 102 Å². The van der Waals surface area contributed by atoms with Gasteiger partial charge in [-0.15, -0.1) is 0 Å². The smallest absolute Gasteiger partial charge is 0.0645 e. The minimum atomic E-state index is -0.124. The van der Waals surface area contributed by atoms with Gasteiger partial charge in [-0.1, -0.05) is 206 Å². The summed E-state index contributed by atoms with van der Waals surface area (Å²) in [6.07, 6.45) is 0. The van der Waals surface area contributed by atoms with Gasteiger partial charge in [0.25, 0.3) is 0 Å². The van der Waals surface area contributed by atoms with E-state index in [9.17, 15) is 5.48 Å². The molecule has 0 spiro atoms. The van der Waals surface area contributed by atoms with Crippen molar-refractivity contribution in [1.82, 2.24) is 0 Å². The third-order valence-corrected chi connectivity index (χ3v) is 10.8. The summed E-state index contributed by atoms with van der Waals surface area (Å²) >= 11 is 0. The summed E-state index contributed by atoms with van der Waals surface area (Å²) in [6, 6.07) is 71.4. The van der Waals surface area contributed by atoms with Crippen LogP contribution in [0.2, 0.25) is 0 Å². The molecule has 10 aromatic rings. The minimum Gasteiger partial charge on any atom is -0.310 e. The Bertz CT molecular complexity index is 3180. The van der Waals surface area contributed by atoms with Crippen LogP contribution in [0.3, 0.4) is 0 Å². The lowest BCUT2D eigenvalue weighted by molar-refractivity contribution is 1.28. The van der Waals surface area contributed by atoms with Crippen molar-refractivity contribution >= 4 is 38.6 Å². The lowest BCUT2D eigenvalue weighted by Gasteiger charge is -2.28. The molecule has 1 heteroatoms. The maximum absolute atomic E-state index is 9.65. The van der Waals surface area contributed by atoms with Gasteiger partial charge in [0.15, 0.2) is 0 Å². The zero-order chi connectivity index (χ0) is 41.5. The van der Waals surface area contributed by atoms with Crippen LogP contribution >= 0.6 is 0 Å². The Labute approximate surface area is 340 Å². The molecule has 57 heavy (non-hydrogen) atoms. The molecule has 0 N–H and O–H groups in total. The van der Waals surface area contributed by atoms with Gasteiger partial charge in [0, 0.05) is 16.9 Å². The predicted octanol–water partition coefficient (Wildman–Crippen LogP) is 15.8. The van der Waals surface area contributed by atoms with Crippen LogP contribution in [0.15, 0.2) is 236 Å². The van der Waals surface area contributed by atoms with Gasteiger partial charge in [-0.25, -0.2) is 0 Å². The Morgan fingerprint density at radius 1 is 0.281 bits per heavy atom. The van der Waals surface area contributed by atoms with Crippen LogP contribution < -0.4 is 4.90 Å². The first-order valence-corrected chi connectivity index (χ1v) is 19.3. The second-order valence-electron chi connectivity index (χ2n) is 14.2. The Morgan fingerprint density at radius 3 is 1.51 bits per heavy atom. The topological polar surface area (TPSA) is 3.24 Å². The first-order chi connectivity index (χ1) is 30.0. The average Bonchev–Trinajstić information content (AvgIpc) is 3.33. The second kappa shape index (κ2) is 15.0. The van der Waals surface area contributed by atoms with Crippen LogP contribution in [0, 0.1) is 0 Å². The molecule has 0 heterocycles. The highest BCUT2D eigenvalue weighted by Crippen LogP contribution is 2.44. The third-order valence-electron chi connectivity index (χ3n) is 10.8. The molecule has 0 aliphatic carbocycles. The van der Waals surface area contributed by atoms with E-state index in [0.717, 1.165) is 71.7 Å². The van der Waals surface area contributed by atoms with E-state index in [4.69, 9.17) is 0 Å². The molecule has 0 atom stereocenters. The van der Waals surface area contributed by atoms with Crippen LogP contribution in [0.5, 0.6) is 0 Å². The number of hydrogen-bond donors (Lipinski definition) is 0. The van der Waals surface area contributed by atoms with Crippen LogP contribution in [-0.4, -0.2) is 0 Å². The van der Waals surface area contributed by atoms with Crippen molar-refractivity contribution in [3.05, 3.63) is 236 Å². The molecule has 0 saturated carbocycles. The van der Waals surface area contributed by atoms with E-state index in [1.54, 1.807) is 0 Å². The van der Waals surface area contributed by atoms with E-state index in [1.165, 1.54) is 0 Å². The van der Waals surface area contributed by atoms with Crippen molar-refractivity contribution in [3.63, 3.8) is 0 Å². The fraction of sp³-hybridized carbons (Fsp3) is 0. The number of anilines is 3. The van der Waals surface area contributed by atoms with Crippen molar-refractivity contribution in [2.45, 2.75) is 0 Å². The molecule has 0 fully saturated rings. The van der Waals surface area contributed by atoms with Crippen molar-refractivity contribution in [2.24, 2.45) is 0 Å². The molecule has 0 amide bonds. The van der Waals surface area contributed by atoms with Crippen LogP contribution in [-0.2, 0) is 0 Å². The molecule has 0 unspecified atom stereocenters. The molecular weight excluding hydrogens is 687 g/mol. The van der Waals surface area contributed by atoms with Gasteiger partial charge in [0.1, 0.15) is 0 Å². The summed E-state index contributed by atoms with van der Waals surface area (Å²) in [5.74, 6) is 0. The van der Waals surface area contributed by atoms with Crippen molar-refractivity contribution in [2.75, 3.05) is 4.90 Å². The minimum absolute atomic E-state index is 0.101. The molecule has 10 aromatic carbocycles. The average molecular weight is 730 g/mol. The largest absolute Gasteiger partial charge is 0.310 e. The number of fused-ring (bicyclic) bond motifs is 2. The molecular formula is C56H39N. The van der Waals surface area contributed by atoms with Crippen molar-refractivity contribution in [1.29, 1.82) is 0 Å². The standard InChI is InChI=1S/C56H39N/c1-3-14-43(15-4-1)52-22-11-12-25-55(52)57(48-35-30-41(31-36-48)40-26-28-46(29-27-40)51-24-13-20-42-18-7-9-21-50(42)51)49-37-32-47(33-38-49)56-53-23-10-8-19-45(53)34-39-54(56)44-16-5-2-6-17-44/h1-39H/i30D,31D,35D,36D. The monoisotopic (exact) mass is 729 g/mol. The fourth-order valence-corrected chi connectivity index (χ4v) is 7.99. The highest BCUT2D eigenvalue weighted by atomic mass is 15.1. The Morgan fingerprint density at radius 2 is 0.789 bits per heavy atom. The lowest BCUT2D eigenvalue weighted by Crippen LogP contribution is -2.11. The quantitative estimate of drug-likeness (QED) is 0.151. The van der Waals surface area contributed by atoms with E-state index >= 15 is 0 Å². The lowest BCUT2D eigenvalue weighted by atomic mass is 9.89. The van der Waals surface area contributed by atoms with E-state index in [0.29, 0.717) is 11.3 Å². The van der Waals surface area contributed by atoms with Crippen LogP contribution in [0.1, 0.15) is 5.48 Å². The molecule has 268 valence electrons. The summed E-state index contributed by atoms with van der Waals surface area (Å²) in [4.78, 5) is 1.89. The number of benzene rings is 10. The normalized spacial score (nSPS) is 12.1. The molecule has 10 rings (SSSR count). The van der Waals surface area contributed by atoms with E-state index in [-0.39, 0.29) is 35.4 Å². The molecule has 1 nitrogen and oxygen atoms in total. The molecule has 0 aliphatic heterocycles. The van der Waals surface area contributed by atoms with Crippen molar-refractivity contribution in [3.8, 4) is 55.6 Å². The molecule has 0 aliphatic rings. The zero-order valence-electron chi connectivity index (χ0n) is 35.2. The molecule has 0 radical (unpaired) electrons. The van der Waals surface area contributed by atoms with Gasteiger partial charge >= 0.3 is 0 Å². The first-order valence-electron chi connectivity index (χ1n) is 21.3. The maximum Gasteiger partial charge on any atom is 0.0645 e. The summed E-state index contributed by atoms with van der Waals surface area (Å²) in [6.45, 7) is 0. The Kier molecular flexibility index (Phi) is 7.84. The van der Waals surface area contributed by atoms with Gasteiger partial charge in [-0.2, -0.15) is 0 Å². The predicted molar refractivity (Wildman–Crippen MR) is 243 cm³/mol. The summed E-state index contributed by atoms with van der Waals surface area (Å²) in [7, 11) is 0. The Hall–Kier alpha value is -7.48. The van der Waals surface area contributed by atoms with E-state index < -0.39 is 0 Å². The van der Waals surface area contributed by atoms with E-state index in [2.05, 4.69) is 97.1 Å². The van der Waals surface area contributed by atoms with E-state index in [1.807, 2.05) is 120 Å². The van der Waals surface area contributed by atoms with Crippen LogP contribution in [0.4, 0.5) is 17.1 Å². The number of para-hydroxylation sites is 1. The van der Waals surface area contributed by atoms with Gasteiger partial charge in [0.2, 0.25) is 0 Å². The highest BCUT2D eigenvalue weighted by Gasteiger charge is 2.19. The second-order valence-corrected chi connectivity index (χ2v) is 14.2. The van der Waals surface area contributed by atoms with Crippen molar-refractivity contribution < 1.29 is 5.48 Å². The summed E-state index contributed by atoms with van der Waals surface area (Å²) in [5, 5.41) is 4.58. The Balaban J connectivity index is 1.13. The third kappa shape index (κ3) is 6.56. The van der Waals surface area contributed by atoms with Gasteiger partial charge < -0.3 is 4.90 Å². The summed E-state index contributed by atoms with van der Waals surface area (Å²) in [5.41, 5.74) is 10.9. The number of hydrogen-bond acceptors (Lipinski definition) is 1. The van der Waals surface area contributed by atoms with Gasteiger partial charge in [0.05, 0.1) is 11.2 Å². The SMILES string of the molecule is [2H]c1c([2H])c(N(c2ccc(-c3c(-c4ccccc4)ccc4ccccc34)cc2)c2ccccc2-c2ccccc2)c([2H])c([2H])c1-c1ccc(-c2cccc3ccccc23)cc1. The number of rotatable bonds is 8. The summed E-state index contributed by atoms with van der Waals surface area (Å²) < 4.78 is 38.3. The maximum atomic E-state index is 9.65. The first kappa shape index (κ1) is 29.8. The molecule has 0 saturated heterocycles. The zero-order valence-corrected chi connectivity index (χ0v) is 31.2. The number of nitrogens with zero attached hydrogens (tertiary/aromatic N) is 1. The molecule has 0 aromatic heterocycles. The highest BCUT2D eigenvalue weighted by molar-refractivity contribution is 6.04. The molecule has 0 bridgehead atoms. The van der Waals surface area contributed by atoms with Crippen LogP contribution in [0.25, 0.3) is 77.2 Å².